The third-order valence-corrected chi connectivity index (χ3v) is 3.78. The van der Waals surface area contributed by atoms with E-state index in [2.05, 4.69) is 5.32 Å². The van der Waals surface area contributed by atoms with Crippen molar-refractivity contribution >= 4 is 11.9 Å². The van der Waals surface area contributed by atoms with E-state index in [0.717, 1.165) is 24.8 Å². The zero-order valence-electron chi connectivity index (χ0n) is 11.3. The summed E-state index contributed by atoms with van der Waals surface area (Å²) in [6.45, 7) is 0. The van der Waals surface area contributed by atoms with E-state index < -0.39 is 17.6 Å². The lowest BCUT2D eigenvalue weighted by molar-refractivity contribution is -0.142. The topological polar surface area (TPSA) is 92.4 Å². The number of carbonyl (C=O) groups excluding carboxylic acids is 1. The molecule has 0 radical (unpaired) electrons. The van der Waals surface area contributed by atoms with Gasteiger partial charge in [0.2, 0.25) is 5.91 Å². The molecular formula is C15H20N2O3. The van der Waals surface area contributed by atoms with Crippen molar-refractivity contribution in [3.8, 4) is 0 Å². The minimum Gasteiger partial charge on any atom is -0.480 e. The summed E-state index contributed by atoms with van der Waals surface area (Å²) < 4.78 is 0. The third-order valence-electron chi connectivity index (χ3n) is 3.78. The Hall–Kier alpha value is -1.88. The van der Waals surface area contributed by atoms with E-state index in [1.165, 1.54) is 0 Å². The molecule has 1 amide bonds. The van der Waals surface area contributed by atoms with E-state index in [1.807, 2.05) is 30.3 Å². The molecule has 0 heterocycles. The van der Waals surface area contributed by atoms with Crippen LogP contribution in [0.5, 0.6) is 0 Å². The van der Waals surface area contributed by atoms with E-state index >= 15 is 0 Å². The van der Waals surface area contributed by atoms with Gasteiger partial charge in [-0.15, -0.1) is 0 Å². The summed E-state index contributed by atoms with van der Waals surface area (Å²) in [5.41, 5.74) is 6.45. The monoisotopic (exact) mass is 276 g/mol. The first-order valence-corrected chi connectivity index (χ1v) is 6.83. The van der Waals surface area contributed by atoms with Crippen molar-refractivity contribution in [2.24, 2.45) is 5.73 Å². The number of nitrogens with two attached hydrogens (primary N) is 1. The van der Waals surface area contributed by atoms with Gasteiger partial charge in [-0.25, -0.2) is 4.79 Å². The number of carboxylic acid groups (broad SMARTS) is 1. The molecule has 2 rings (SSSR count). The van der Waals surface area contributed by atoms with Crippen LogP contribution in [0.4, 0.5) is 0 Å². The van der Waals surface area contributed by atoms with Gasteiger partial charge in [0.1, 0.15) is 6.04 Å². The molecule has 5 heteroatoms. The molecule has 4 N–H and O–H groups in total. The normalized spacial score (nSPS) is 17.9. The van der Waals surface area contributed by atoms with E-state index in [1.54, 1.807) is 0 Å². The summed E-state index contributed by atoms with van der Waals surface area (Å²) in [6.07, 6.45) is 3.18. The highest BCUT2D eigenvalue weighted by Crippen LogP contribution is 2.31. The number of carboxylic acids is 1. The molecule has 1 aliphatic rings. The summed E-state index contributed by atoms with van der Waals surface area (Å²) >= 11 is 0. The summed E-state index contributed by atoms with van der Waals surface area (Å²) in [5, 5.41) is 11.8. The minimum atomic E-state index is -1.03. The fraction of sp³-hybridized carbons (Fsp3) is 0.467. The minimum absolute atomic E-state index is 0.200. The van der Waals surface area contributed by atoms with Crippen LogP contribution in [0.1, 0.15) is 31.2 Å². The summed E-state index contributed by atoms with van der Waals surface area (Å²) in [5.74, 6) is -1.31. The van der Waals surface area contributed by atoms with Crippen LogP contribution in [0.25, 0.3) is 0 Å². The largest absolute Gasteiger partial charge is 0.480 e. The highest BCUT2D eigenvalue weighted by molar-refractivity contribution is 5.84. The molecule has 20 heavy (non-hydrogen) atoms. The van der Waals surface area contributed by atoms with Crippen LogP contribution in [0.2, 0.25) is 0 Å². The first-order valence-electron chi connectivity index (χ1n) is 6.83. The van der Waals surface area contributed by atoms with Gasteiger partial charge in [-0.2, -0.15) is 0 Å². The number of hydrogen-bond acceptors (Lipinski definition) is 3. The summed E-state index contributed by atoms with van der Waals surface area (Å²) in [4.78, 5) is 23.1. The Morgan fingerprint density at radius 2 is 1.95 bits per heavy atom. The first-order chi connectivity index (χ1) is 9.48. The molecule has 1 atom stereocenters. The Morgan fingerprint density at radius 3 is 2.45 bits per heavy atom. The third kappa shape index (κ3) is 3.81. The number of carbonyl (C=O) groups is 2. The average molecular weight is 276 g/mol. The van der Waals surface area contributed by atoms with Crippen molar-refractivity contribution in [1.82, 2.24) is 5.32 Å². The van der Waals surface area contributed by atoms with Gasteiger partial charge in [0.25, 0.3) is 0 Å². The van der Waals surface area contributed by atoms with E-state index in [-0.39, 0.29) is 18.7 Å². The van der Waals surface area contributed by atoms with Crippen molar-refractivity contribution < 1.29 is 14.7 Å². The molecule has 1 fully saturated rings. The summed E-state index contributed by atoms with van der Waals surface area (Å²) in [7, 11) is 0. The standard InChI is InChI=1S/C15H20N2O3/c16-15(7-4-8-15)10-13(18)17-12(14(19)20)9-11-5-2-1-3-6-11/h1-3,5-6,12H,4,7-10,16H2,(H,17,18)(H,19,20)/t12-/m0/s1. The van der Waals surface area contributed by atoms with Gasteiger partial charge in [-0.1, -0.05) is 30.3 Å². The van der Waals surface area contributed by atoms with Gasteiger partial charge in [0.15, 0.2) is 0 Å². The molecule has 0 bridgehead atoms. The first kappa shape index (κ1) is 14.5. The lowest BCUT2D eigenvalue weighted by atomic mass is 9.75. The molecule has 0 unspecified atom stereocenters. The van der Waals surface area contributed by atoms with Crippen LogP contribution in [-0.4, -0.2) is 28.6 Å². The number of nitrogens with one attached hydrogen (secondary N) is 1. The number of amides is 1. The van der Waals surface area contributed by atoms with Crippen LogP contribution in [0, 0.1) is 0 Å². The molecule has 1 aromatic carbocycles. The van der Waals surface area contributed by atoms with Crippen LogP contribution in [0.3, 0.4) is 0 Å². The number of rotatable bonds is 6. The van der Waals surface area contributed by atoms with Crippen LogP contribution in [0.15, 0.2) is 30.3 Å². The summed E-state index contributed by atoms with van der Waals surface area (Å²) in [6, 6.07) is 8.34. The van der Waals surface area contributed by atoms with E-state index in [4.69, 9.17) is 5.73 Å². The van der Waals surface area contributed by atoms with Crippen molar-refractivity contribution in [2.45, 2.75) is 43.7 Å². The predicted molar refractivity (Wildman–Crippen MR) is 75.1 cm³/mol. The van der Waals surface area contributed by atoms with Gasteiger partial charge in [-0.3, -0.25) is 4.79 Å². The van der Waals surface area contributed by atoms with Crippen molar-refractivity contribution in [2.75, 3.05) is 0 Å². The quantitative estimate of drug-likeness (QED) is 0.724. The Labute approximate surface area is 118 Å². The lowest BCUT2D eigenvalue weighted by Gasteiger charge is -2.37. The van der Waals surface area contributed by atoms with Crippen molar-refractivity contribution in [3.05, 3.63) is 35.9 Å². The number of benzene rings is 1. The molecule has 5 nitrogen and oxygen atoms in total. The van der Waals surface area contributed by atoms with Gasteiger partial charge >= 0.3 is 5.97 Å². The molecular weight excluding hydrogens is 256 g/mol. The van der Waals surface area contributed by atoms with Crippen molar-refractivity contribution in [3.63, 3.8) is 0 Å². The highest BCUT2D eigenvalue weighted by atomic mass is 16.4. The average Bonchev–Trinajstić information content (AvgIpc) is 2.37. The molecule has 1 aromatic rings. The fourth-order valence-electron chi connectivity index (χ4n) is 2.42. The maximum absolute atomic E-state index is 11.9. The molecule has 1 aliphatic carbocycles. The van der Waals surface area contributed by atoms with Gasteiger partial charge in [-0.05, 0) is 24.8 Å². The second-order valence-electron chi connectivity index (χ2n) is 5.54. The SMILES string of the molecule is NC1(CC(=O)N[C@@H](Cc2ccccc2)C(=O)O)CCC1. The Kier molecular flexibility index (Phi) is 4.39. The second kappa shape index (κ2) is 6.05. The molecule has 1 saturated carbocycles. The smallest absolute Gasteiger partial charge is 0.326 e. The lowest BCUT2D eigenvalue weighted by Crippen LogP contribution is -2.52. The molecule has 0 aliphatic heterocycles. The zero-order chi connectivity index (χ0) is 14.6. The Bertz CT molecular complexity index is 483. The maximum atomic E-state index is 11.9. The fourth-order valence-corrected chi connectivity index (χ4v) is 2.42. The molecule has 0 spiro atoms. The number of aliphatic carboxylic acids is 1. The Balaban J connectivity index is 1.92. The maximum Gasteiger partial charge on any atom is 0.326 e. The van der Waals surface area contributed by atoms with E-state index in [9.17, 15) is 14.7 Å². The highest BCUT2D eigenvalue weighted by Gasteiger charge is 2.35. The van der Waals surface area contributed by atoms with Crippen LogP contribution < -0.4 is 11.1 Å². The van der Waals surface area contributed by atoms with Crippen LogP contribution in [-0.2, 0) is 16.0 Å². The molecule has 0 saturated heterocycles. The second-order valence-corrected chi connectivity index (χ2v) is 5.54. The molecule has 108 valence electrons. The van der Waals surface area contributed by atoms with Gasteiger partial charge in [0.05, 0.1) is 0 Å². The number of hydrogen-bond donors (Lipinski definition) is 3. The zero-order valence-corrected chi connectivity index (χ0v) is 11.3. The molecule has 0 aromatic heterocycles. The van der Waals surface area contributed by atoms with Gasteiger partial charge < -0.3 is 16.2 Å². The van der Waals surface area contributed by atoms with Crippen LogP contribution >= 0.6 is 0 Å². The van der Waals surface area contributed by atoms with E-state index in [0.29, 0.717) is 0 Å². The van der Waals surface area contributed by atoms with Crippen molar-refractivity contribution in [1.29, 1.82) is 0 Å². The Morgan fingerprint density at radius 1 is 1.30 bits per heavy atom. The predicted octanol–water partition coefficient (Wildman–Crippen LogP) is 1.07. The van der Waals surface area contributed by atoms with Gasteiger partial charge in [0, 0.05) is 18.4 Å².